The number of nitrogens with one attached hydrogen (secondary N) is 1. The summed E-state index contributed by atoms with van der Waals surface area (Å²) in [6, 6.07) is 8.45. The number of amides is 1. The minimum atomic E-state index is -4.42. The number of halogens is 3. The molecule has 2 aromatic rings. The predicted molar refractivity (Wildman–Crippen MR) is 84.5 cm³/mol. The van der Waals surface area contributed by atoms with Gasteiger partial charge in [0.15, 0.2) is 0 Å². The molecule has 1 aromatic carbocycles. The highest BCUT2D eigenvalue weighted by Gasteiger charge is 2.43. The Morgan fingerprint density at radius 2 is 1.75 bits per heavy atom. The van der Waals surface area contributed by atoms with Crippen LogP contribution in [0.25, 0.3) is 0 Å². The molecule has 0 bridgehead atoms. The SMILES string of the molecule is O=C(Nc1ccncc1)C1(c2cccc(C(F)(F)F)c2)CCCC1. The van der Waals surface area contributed by atoms with Gasteiger partial charge in [0.25, 0.3) is 0 Å². The standard InChI is InChI=1S/C18H17F3N2O/c19-18(20,21)14-5-3-4-13(12-14)17(8-1-2-9-17)16(24)23-15-6-10-22-11-7-15/h3-7,10-12H,1-2,8-9H2,(H,22,23,24). The van der Waals surface area contributed by atoms with Crippen molar-refractivity contribution in [3.8, 4) is 0 Å². The van der Waals surface area contributed by atoms with Crippen LogP contribution >= 0.6 is 0 Å². The topological polar surface area (TPSA) is 42.0 Å². The van der Waals surface area contributed by atoms with Gasteiger partial charge in [0.05, 0.1) is 11.0 Å². The largest absolute Gasteiger partial charge is 0.416 e. The van der Waals surface area contributed by atoms with Crippen LogP contribution in [0.1, 0.15) is 36.8 Å². The molecule has 0 radical (unpaired) electrons. The highest BCUT2D eigenvalue weighted by atomic mass is 19.4. The van der Waals surface area contributed by atoms with Crippen molar-refractivity contribution >= 4 is 11.6 Å². The second-order valence-corrected chi connectivity index (χ2v) is 6.06. The van der Waals surface area contributed by atoms with Crippen molar-refractivity contribution < 1.29 is 18.0 Å². The van der Waals surface area contributed by atoms with Gasteiger partial charge < -0.3 is 5.32 Å². The molecular weight excluding hydrogens is 317 g/mol. The zero-order chi connectivity index (χ0) is 17.2. The molecule has 0 aliphatic heterocycles. The molecule has 1 aromatic heterocycles. The van der Waals surface area contributed by atoms with Gasteiger partial charge in [0.1, 0.15) is 0 Å². The van der Waals surface area contributed by atoms with Gasteiger partial charge in [-0.25, -0.2) is 0 Å². The molecule has 1 amide bonds. The summed E-state index contributed by atoms with van der Waals surface area (Å²) in [4.78, 5) is 16.8. The molecule has 1 saturated carbocycles. The Morgan fingerprint density at radius 3 is 2.38 bits per heavy atom. The number of nitrogens with zero attached hydrogens (tertiary/aromatic N) is 1. The minimum Gasteiger partial charge on any atom is -0.325 e. The van der Waals surface area contributed by atoms with Crippen LogP contribution in [0.5, 0.6) is 0 Å². The van der Waals surface area contributed by atoms with Crippen LogP contribution in [0.3, 0.4) is 0 Å². The van der Waals surface area contributed by atoms with Gasteiger partial charge in [-0.05, 0) is 36.6 Å². The number of hydrogen-bond donors (Lipinski definition) is 1. The van der Waals surface area contributed by atoms with Crippen LogP contribution in [0.15, 0.2) is 48.8 Å². The number of aromatic nitrogens is 1. The Balaban J connectivity index is 1.95. The molecule has 6 heteroatoms. The van der Waals surface area contributed by atoms with Crippen molar-refractivity contribution in [3.63, 3.8) is 0 Å². The van der Waals surface area contributed by atoms with Gasteiger partial charge in [0.2, 0.25) is 5.91 Å². The Kier molecular flexibility index (Phi) is 4.30. The van der Waals surface area contributed by atoms with Crippen LogP contribution < -0.4 is 5.32 Å². The molecule has 24 heavy (non-hydrogen) atoms. The predicted octanol–water partition coefficient (Wildman–Crippen LogP) is 4.55. The first kappa shape index (κ1) is 16.5. The van der Waals surface area contributed by atoms with Gasteiger partial charge in [-0.2, -0.15) is 13.2 Å². The summed E-state index contributed by atoms with van der Waals surface area (Å²) >= 11 is 0. The van der Waals surface area contributed by atoms with E-state index in [1.165, 1.54) is 6.07 Å². The van der Waals surface area contributed by atoms with E-state index >= 15 is 0 Å². The first-order chi connectivity index (χ1) is 11.4. The summed E-state index contributed by atoms with van der Waals surface area (Å²) in [5.74, 6) is -0.259. The second-order valence-electron chi connectivity index (χ2n) is 6.06. The fourth-order valence-corrected chi connectivity index (χ4v) is 3.30. The summed E-state index contributed by atoms with van der Waals surface area (Å²) < 4.78 is 39.1. The molecule has 126 valence electrons. The average Bonchev–Trinajstić information content (AvgIpc) is 3.06. The third kappa shape index (κ3) is 3.13. The molecule has 0 saturated heterocycles. The second kappa shape index (κ2) is 6.26. The maximum Gasteiger partial charge on any atom is 0.416 e. The lowest BCUT2D eigenvalue weighted by Crippen LogP contribution is -2.38. The molecule has 0 unspecified atom stereocenters. The Morgan fingerprint density at radius 1 is 1.08 bits per heavy atom. The van der Waals surface area contributed by atoms with Gasteiger partial charge in [-0.1, -0.05) is 31.0 Å². The van der Waals surface area contributed by atoms with E-state index in [4.69, 9.17) is 0 Å². The number of alkyl halides is 3. The fraction of sp³-hybridized carbons (Fsp3) is 0.333. The highest BCUT2D eigenvalue weighted by Crippen LogP contribution is 2.43. The van der Waals surface area contributed by atoms with E-state index in [0.29, 0.717) is 24.1 Å². The van der Waals surface area contributed by atoms with Crippen molar-refractivity contribution in [2.45, 2.75) is 37.3 Å². The van der Waals surface area contributed by atoms with E-state index in [1.807, 2.05) is 0 Å². The van der Waals surface area contributed by atoms with Crippen molar-refractivity contribution in [1.82, 2.24) is 4.98 Å². The number of rotatable bonds is 3. The minimum absolute atomic E-state index is 0.259. The summed E-state index contributed by atoms with van der Waals surface area (Å²) in [6.07, 6.45) is 1.43. The van der Waals surface area contributed by atoms with E-state index in [2.05, 4.69) is 10.3 Å². The van der Waals surface area contributed by atoms with E-state index in [-0.39, 0.29) is 5.91 Å². The number of anilines is 1. The van der Waals surface area contributed by atoms with Crippen molar-refractivity contribution in [3.05, 3.63) is 59.9 Å². The molecule has 1 aliphatic carbocycles. The number of benzene rings is 1. The Labute approximate surface area is 137 Å². The van der Waals surface area contributed by atoms with Gasteiger partial charge in [-0.3, -0.25) is 9.78 Å². The molecule has 0 spiro atoms. The Bertz CT molecular complexity index is 723. The molecule has 1 heterocycles. The highest BCUT2D eigenvalue weighted by molar-refractivity contribution is 5.99. The lowest BCUT2D eigenvalue weighted by molar-refractivity contribution is -0.137. The maximum absolute atomic E-state index is 13.0. The van der Waals surface area contributed by atoms with Crippen LogP contribution in [0.2, 0.25) is 0 Å². The monoisotopic (exact) mass is 334 g/mol. The summed E-state index contributed by atoms with van der Waals surface area (Å²) in [5, 5.41) is 2.82. The van der Waals surface area contributed by atoms with Gasteiger partial charge in [0, 0.05) is 18.1 Å². The summed E-state index contributed by atoms with van der Waals surface area (Å²) in [7, 11) is 0. The molecule has 1 fully saturated rings. The third-order valence-electron chi connectivity index (χ3n) is 4.57. The molecule has 1 N–H and O–H groups in total. The zero-order valence-corrected chi connectivity index (χ0v) is 12.9. The normalized spacial score (nSPS) is 16.8. The molecule has 3 rings (SSSR count). The molecular formula is C18H17F3N2O. The van der Waals surface area contributed by atoms with Crippen LogP contribution in [0, 0.1) is 0 Å². The van der Waals surface area contributed by atoms with Crippen molar-refractivity contribution in [2.75, 3.05) is 5.32 Å². The zero-order valence-electron chi connectivity index (χ0n) is 12.9. The van der Waals surface area contributed by atoms with E-state index in [9.17, 15) is 18.0 Å². The smallest absolute Gasteiger partial charge is 0.325 e. The van der Waals surface area contributed by atoms with E-state index < -0.39 is 17.2 Å². The molecule has 1 aliphatic rings. The molecule has 3 nitrogen and oxygen atoms in total. The van der Waals surface area contributed by atoms with Crippen LogP contribution in [0.4, 0.5) is 18.9 Å². The first-order valence-corrected chi connectivity index (χ1v) is 7.81. The van der Waals surface area contributed by atoms with Crippen LogP contribution in [-0.2, 0) is 16.4 Å². The lowest BCUT2D eigenvalue weighted by Gasteiger charge is -2.29. The summed E-state index contributed by atoms with van der Waals surface area (Å²) in [6.45, 7) is 0. The number of carbonyl (C=O) groups is 1. The van der Waals surface area contributed by atoms with Crippen LogP contribution in [-0.4, -0.2) is 10.9 Å². The maximum atomic E-state index is 13.0. The number of pyridine rings is 1. The van der Waals surface area contributed by atoms with Gasteiger partial charge >= 0.3 is 6.18 Å². The van der Waals surface area contributed by atoms with E-state index in [1.54, 1.807) is 30.6 Å². The Hall–Kier alpha value is -2.37. The summed E-state index contributed by atoms with van der Waals surface area (Å²) in [5.41, 5.74) is -0.609. The lowest BCUT2D eigenvalue weighted by atomic mass is 9.77. The van der Waals surface area contributed by atoms with Crippen molar-refractivity contribution in [2.24, 2.45) is 0 Å². The number of carbonyl (C=O) groups excluding carboxylic acids is 1. The first-order valence-electron chi connectivity index (χ1n) is 7.81. The van der Waals surface area contributed by atoms with E-state index in [0.717, 1.165) is 25.0 Å². The quantitative estimate of drug-likeness (QED) is 0.895. The fourth-order valence-electron chi connectivity index (χ4n) is 3.30. The average molecular weight is 334 g/mol. The number of hydrogen-bond acceptors (Lipinski definition) is 2. The molecule has 0 atom stereocenters. The van der Waals surface area contributed by atoms with Crippen molar-refractivity contribution in [1.29, 1.82) is 0 Å². The third-order valence-corrected chi connectivity index (χ3v) is 4.57. The van der Waals surface area contributed by atoms with Gasteiger partial charge in [-0.15, -0.1) is 0 Å².